The molecule has 1 saturated carbocycles. The lowest BCUT2D eigenvalue weighted by atomic mass is 9.74. The summed E-state index contributed by atoms with van der Waals surface area (Å²) in [5.41, 5.74) is 4.85. The Labute approximate surface area is 118 Å². The highest BCUT2D eigenvalue weighted by Gasteiger charge is 2.39. The third kappa shape index (κ3) is 2.95. The molecule has 0 spiro atoms. The topological polar surface area (TPSA) is 38.0 Å². The first-order chi connectivity index (χ1) is 8.70. The Hall–Kier alpha value is -0.380. The van der Waals surface area contributed by atoms with Gasteiger partial charge in [-0.2, -0.15) is 0 Å². The Balaban J connectivity index is 2.11. The SMILES string of the molecule is CCC1(C(Cc2ccc(Br)cc2)NN)CCCC1. The second-order valence-electron chi connectivity index (χ2n) is 5.47. The van der Waals surface area contributed by atoms with E-state index in [4.69, 9.17) is 5.84 Å². The Bertz CT molecular complexity index is 369. The molecule has 2 rings (SSSR count). The van der Waals surface area contributed by atoms with Gasteiger partial charge in [0.15, 0.2) is 0 Å². The molecular weight excluding hydrogens is 288 g/mol. The highest BCUT2D eigenvalue weighted by atomic mass is 79.9. The first-order valence-electron chi connectivity index (χ1n) is 6.91. The fraction of sp³-hybridized carbons (Fsp3) is 0.600. The van der Waals surface area contributed by atoms with Crippen molar-refractivity contribution >= 4 is 15.9 Å². The number of hydrogen-bond acceptors (Lipinski definition) is 2. The van der Waals surface area contributed by atoms with E-state index in [2.05, 4.69) is 52.5 Å². The molecule has 1 aliphatic carbocycles. The highest BCUT2D eigenvalue weighted by Crippen LogP contribution is 2.44. The molecule has 0 amide bonds. The number of nitrogens with one attached hydrogen (secondary N) is 1. The van der Waals surface area contributed by atoms with Gasteiger partial charge in [0.05, 0.1) is 0 Å². The van der Waals surface area contributed by atoms with E-state index >= 15 is 0 Å². The largest absolute Gasteiger partial charge is 0.271 e. The normalized spacial score (nSPS) is 19.9. The summed E-state index contributed by atoms with van der Waals surface area (Å²) >= 11 is 3.48. The zero-order valence-electron chi connectivity index (χ0n) is 11.1. The standard InChI is InChI=1S/C15H23BrN2/c1-2-15(9-3-4-10-15)14(18-17)11-12-5-7-13(16)8-6-12/h5-8,14,18H,2-4,9-11,17H2,1H3. The molecule has 0 bridgehead atoms. The average Bonchev–Trinajstić information content (AvgIpc) is 2.88. The third-order valence-corrected chi connectivity index (χ3v) is 5.13. The Morgan fingerprint density at radius 3 is 2.39 bits per heavy atom. The van der Waals surface area contributed by atoms with E-state index in [9.17, 15) is 0 Å². The Morgan fingerprint density at radius 2 is 1.89 bits per heavy atom. The molecule has 2 nitrogen and oxygen atoms in total. The van der Waals surface area contributed by atoms with Gasteiger partial charge in [0.2, 0.25) is 0 Å². The Morgan fingerprint density at radius 1 is 1.28 bits per heavy atom. The minimum absolute atomic E-state index is 0.395. The van der Waals surface area contributed by atoms with Gasteiger partial charge in [0, 0.05) is 10.5 Å². The van der Waals surface area contributed by atoms with Crippen LogP contribution in [0.15, 0.2) is 28.7 Å². The molecule has 18 heavy (non-hydrogen) atoms. The third-order valence-electron chi connectivity index (χ3n) is 4.60. The minimum atomic E-state index is 0.395. The molecule has 1 atom stereocenters. The number of halogens is 1. The lowest BCUT2D eigenvalue weighted by Gasteiger charge is -2.36. The van der Waals surface area contributed by atoms with E-state index in [1.807, 2.05) is 0 Å². The number of rotatable bonds is 5. The van der Waals surface area contributed by atoms with Gasteiger partial charge in [-0.25, -0.2) is 0 Å². The minimum Gasteiger partial charge on any atom is -0.271 e. The summed E-state index contributed by atoms with van der Waals surface area (Å²) in [7, 11) is 0. The van der Waals surface area contributed by atoms with E-state index in [0.29, 0.717) is 11.5 Å². The molecule has 0 radical (unpaired) electrons. The summed E-state index contributed by atoms with van der Waals surface area (Å²) < 4.78 is 1.13. The second kappa shape index (κ2) is 6.18. The maximum Gasteiger partial charge on any atom is 0.0307 e. The van der Waals surface area contributed by atoms with Crippen molar-refractivity contribution in [1.29, 1.82) is 0 Å². The van der Waals surface area contributed by atoms with E-state index in [1.165, 1.54) is 37.7 Å². The first-order valence-corrected chi connectivity index (χ1v) is 7.70. The molecule has 100 valence electrons. The fourth-order valence-electron chi connectivity index (χ4n) is 3.34. The van der Waals surface area contributed by atoms with E-state index in [1.54, 1.807) is 0 Å². The van der Waals surface area contributed by atoms with Crippen LogP contribution in [0.5, 0.6) is 0 Å². The number of hydrogen-bond donors (Lipinski definition) is 2. The molecule has 0 aliphatic heterocycles. The fourth-order valence-corrected chi connectivity index (χ4v) is 3.60. The summed E-state index contributed by atoms with van der Waals surface area (Å²) in [6, 6.07) is 8.98. The lowest BCUT2D eigenvalue weighted by molar-refractivity contribution is 0.185. The van der Waals surface area contributed by atoms with Gasteiger partial charge in [-0.1, -0.05) is 47.8 Å². The zero-order chi connectivity index (χ0) is 13.0. The molecular formula is C15H23BrN2. The first kappa shape index (κ1) is 14.0. The molecule has 3 heteroatoms. The summed E-state index contributed by atoms with van der Waals surface area (Å²) in [6.07, 6.45) is 7.58. The summed E-state index contributed by atoms with van der Waals surface area (Å²) in [4.78, 5) is 0. The van der Waals surface area contributed by atoms with Gasteiger partial charge in [-0.15, -0.1) is 0 Å². The lowest BCUT2D eigenvalue weighted by Crippen LogP contribution is -2.48. The predicted molar refractivity (Wildman–Crippen MR) is 80.1 cm³/mol. The molecule has 1 aromatic rings. The zero-order valence-corrected chi connectivity index (χ0v) is 12.7. The van der Waals surface area contributed by atoms with Crippen LogP contribution in [0.1, 0.15) is 44.6 Å². The summed E-state index contributed by atoms with van der Waals surface area (Å²) in [6.45, 7) is 2.30. The van der Waals surface area contributed by atoms with Crippen LogP contribution in [0.25, 0.3) is 0 Å². The van der Waals surface area contributed by atoms with E-state index < -0.39 is 0 Å². The molecule has 0 saturated heterocycles. The second-order valence-corrected chi connectivity index (χ2v) is 6.39. The molecule has 1 aromatic carbocycles. The van der Waals surface area contributed by atoms with Crippen molar-refractivity contribution in [3.05, 3.63) is 34.3 Å². The van der Waals surface area contributed by atoms with Crippen LogP contribution in [-0.4, -0.2) is 6.04 Å². The maximum atomic E-state index is 5.83. The monoisotopic (exact) mass is 310 g/mol. The molecule has 0 aromatic heterocycles. The number of nitrogens with two attached hydrogens (primary N) is 1. The number of benzene rings is 1. The van der Waals surface area contributed by atoms with Crippen molar-refractivity contribution in [2.75, 3.05) is 0 Å². The van der Waals surface area contributed by atoms with Crippen LogP contribution in [-0.2, 0) is 6.42 Å². The highest BCUT2D eigenvalue weighted by molar-refractivity contribution is 9.10. The van der Waals surface area contributed by atoms with Gasteiger partial charge < -0.3 is 0 Å². The van der Waals surface area contributed by atoms with E-state index in [-0.39, 0.29) is 0 Å². The molecule has 0 heterocycles. The van der Waals surface area contributed by atoms with Gasteiger partial charge in [-0.3, -0.25) is 11.3 Å². The molecule has 1 fully saturated rings. The molecule has 1 aliphatic rings. The molecule has 3 N–H and O–H groups in total. The predicted octanol–water partition coefficient (Wildman–Crippen LogP) is 3.79. The summed E-state index contributed by atoms with van der Waals surface area (Å²) in [5.74, 6) is 5.83. The van der Waals surface area contributed by atoms with Crippen LogP contribution in [0.3, 0.4) is 0 Å². The van der Waals surface area contributed by atoms with Gasteiger partial charge in [0.1, 0.15) is 0 Å². The van der Waals surface area contributed by atoms with Crippen LogP contribution in [0.2, 0.25) is 0 Å². The van der Waals surface area contributed by atoms with Gasteiger partial charge >= 0.3 is 0 Å². The number of hydrazine groups is 1. The van der Waals surface area contributed by atoms with Crippen molar-refractivity contribution < 1.29 is 0 Å². The van der Waals surface area contributed by atoms with Gasteiger partial charge in [-0.05, 0) is 48.8 Å². The van der Waals surface area contributed by atoms with Gasteiger partial charge in [0.25, 0.3) is 0 Å². The van der Waals surface area contributed by atoms with Crippen LogP contribution >= 0.6 is 15.9 Å². The average molecular weight is 311 g/mol. The molecule has 1 unspecified atom stereocenters. The maximum absolute atomic E-state index is 5.83. The summed E-state index contributed by atoms with van der Waals surface area (Å²) in [5, 5.41) is 0. The van der Waals surface area contributed by atoms with E-state index in [0.717, 1.165) is 10.9 Å². The van der Waals surface area contributed by atoms with Crippen molar-refractivity contribution in [3.8, 4) is 0 Å². The van der Waals surface area contributed by atoms with Crippen LogP contribution in [0.4, 0.5) is 0 Å². The smallest absolute Gasteiger partial charge is 0.0307 e. The van der Waals surface area contributed by atoms with Crippen molar-refractivity contribution in [1.82, 2.24) is 5.43 Å². The van der Waals surface area contributed by atoms with Crippen molar-refractivity contribution in [2.45, 2.75) is 51.5 Å². The van der Waals surface area contributed by atoms with Crippen molar-refractivity contribution in [3.63, 3.8) is 0 Å². The van der Waals surface area contributed by atoms with Crippen LogP contribution in [0, 0.1) is 5.41 Å². The quantitative estimate of drug-likeness (QED) is 0.641. The Kier molecular flexibility index (Phi) is 4.82. The van der Waals surface area contributed by atoms with Crippen molar-refractivity contribution in [2.24, 2.45) is 11.3 Å². The van der Waals surface area contributed by atoms with Crippen LogP contribution < -0.4 is 11.3 Å².